The first-order valence-corrected chi connectivity index (χ1v) is 9.15. The average Bonchev–Trinajstić information content (AvgIpc) is 3.13. The van der Waals surface area contributed by atoms with Gasteiger partial charge >= 0.3 is 0 Å². The van der Waals surface area contributed by atoms with E-state index in [0.717, 1.165) is 37.3 Å². The van der Waals surface area contributed by atoms with Crippen LogP contribution in [-0.2, 0) is 20.7 Å². The minimum absolute atomic E-state index is 0.161. The van der Waals surface area contributed by atoms with Gasteiger partial charge in [0.25, 0.3) is 0 Å². The van der Waals surface area contributed by atoms with Crippen molar-refractivity contribution in [3.8, 4) is 0 Å². The molecule has 2 fully saturated rings. The Morgan fingerprint density at radius 1 is 1.11 bits per heavy atom. The van der Waals surface area contributed by atoms with Crippen molar-refractivity contribution in [3.05, 3.63) is 54.0 Å². The molecule has 3 heterocycles. The lowest BCUT2D eigenvalue weighted by atomic mass is 10.0. The maximum Gasteiger partial charge on any atom is 0.228 e. The van der Waals surface area contributed by atoms with Crippen molar-refractivity contribution in [1.82, 2.24) is 4.98 Å². The van der Waals surface area contributed by atoms with E-state index in [-0.39, 0.29) is 18.1 Å². The van der Waals surface area contributed by atoms with Gasteiger partial charge in [-0.15, -0.1) is 0 Å². The lowest BCUT2D eigenvalue weighted by Gasteiger charge is -2.38. The van der Waals surface area contributed by atoms with Crippen LogP contribution in [0.4, 0.5) is 15.9 Å². The summed E-state index contributed by atoms with van der Waals surface area (Å²) >= 11 is 0. The summed E-state index contributed by atoms with van der Waals surface area (Å²) in [4.78, 5) is 18.8. The highest BCUT2D eigenvalue weighted by atomic mass is 19.1. The average molecular weight is 371 g/mol. The number of carbonyl (C=O) groups is 1. The minimum atomic E-state index is -0.398. The van der Waals surface area contributed by atoms with Gasteiger partial charge in [-0.1, -0.05) is 12.1 Å². The van der Waals surface area contributed by atoms with Crippen molar-refractivity contribution >= 4 is 17.4 Å². The molecule has 142 valence electrons. The number of hydrogen-bond acceptors (Lipinski definition) is 5. The number of halogens is 1. The predicted molar refractivity (Wildman–Crippen MR) is 99.1 cm³/mol. The molecule has 1 aromatic carbocycles. The van der Waals surface area contributed by atoms with Crippen LogP contribution < -0.4 is 10.2 Å². The number of hydrogen-bond donors (Lipinski definition) is 1. The van der Waals surface area contributed by atoms with Crippen molar-refractivity contribution in [3.63, 3.8) is 0 Å². The van der Waals surface area contributed by atoms with E-state index < -0.39 is 5.79 Å². The van der Waals surface area contributed by atoms with E-state index >= 15 is 0 Å². The van der Waals surface area contributed by atoms with Gasteiger partial charge in [-0.25, -0.2) is 9.37 Å². The Morgan fingerprint density at radius 2 is 1.81 bits per heavy atom. The van der Waals surface area contributed by atoms with E-state index in [1.807, 2.05) is 12.1 Å². The number of anilines is 2. The van der Waals surface area contributed by atoms with Crippen LogP contribution in [0.1, 0.15) is 18.4 Å². The largest absolute Gasteiger partial charge is 0.356 e. The molecule has 1 spiro atoms. The van der Waals surface area contributed by atoms with Gasteiger partial charge in [0.05, 0.1) is 31.5 Å². The molecular weight excluding hydrogens is 349 g/mol. The molecule has 2 saturated heterocycles. The van der Waals surface area contributed by atoms with Crippen molar-refractivity contribution in [2.45, 2.75) is 25.0 Å². The molecule has 0 saturated carbocycles. The quantitative estimate of drug-likeness (QED) is 0.895. The standard InChI is InChI=1S/C20H22FN3O3/c21-16-3-1-15(2-4-16)13-19(25)23-17-5-6-18(22-14-17)24-9-7-20(8-10-24)26-11-12-27-20/h1-6,14H,7-13H2,(H,23,25). The van der Waals surface area contributed by atoms with E-state index in [2.05, 4.69) is 15.2 Å². The summed E-state index contributed by atoms with van der Waals surface area (Å²) in [6.07, 6.45) is 3.50. The van der Waals surface area contributed by atoms with Gasteiger partial charge in [-0.2, -0.15) is 0 Å². The molecule has 2 aliphatic heterocycles. The summed E-state index contributed by atoms with van der Waals surface area (Å²) in [5, 5.41) is 2.82. The van der Waals surface area contributed by atoms with Crippen LogP contribution in [-0.4, -0.2) is 43.0 Å². The molecule has 0 radical (unpaired) electrons. The fourth-order valence-corrected chi connectivity index (χ4v) is 3.50. The maximum absolute atomic E-state index is 12.9. The molecule has 0 atom stereocenters. The first kappa shape index (κ1) is 17.9. The lowest BCUT2D eigenvalue weighted by Crippen LogP contribution is -2.45. The summed E-state index contributed by atoms with van der Waals surface area (Å²) in [6.45, 7) is 2.99. The Hall–Kier alpha value is -2.51. The maximum atomic E-state index is 12.9. The van der Waals surface area contributed by atoms with Crippen molar-refractivity contribution in [2.75, 3.05) is 36.5 Å². The zero-order valence-corrected chi connectivity index (χ0v) is 15.0. The number of nitrogens with zero attached hydrogens (tertiary/aromatic N) is 2. The van der Waals surface area contributed by atoms with Gasteiger partial charge in [0.2, 0.25) is 5.91 Å². The highest BCUT2D eigenvalue weighted by molar-refractivity contribution is 5.92. The smallest absolute Gasteiger partial charge is 0.228 e. The Kier molecular flexibility index (Phi) is 5.05. The van der Waals surface area contributed by atoms with Crippen LogP contribution in [0.25, 0.3) is 0 Å². The number of aromatic nitrogens is 1. The number of pyridine rings is 1. The van der Waals surface area contributed by atoms with E-state index in [0.29, 0.717) is 18.9 Å². The lowest BCUT2D eigenvalue weighted by molar-refractivity contribution is -0.169. The molecule has 2 aliphatic rings. The molecular formula is C20H22FN3O3. The second-order valence-corrected chi connectivity index (χ2v) is 6.85. The molecule has 1 N–H and O–H groups in total. The SMILES string of the molecule is O=C(Cc1ccc(F)cc1)Nc1ccc(N2CCC3(CC2)OCCO3)nc1. The summed E-state index contributed by atoms with van der Waals surface area (Å²) in [5.41, 5.74) is 1.40. The number of ether oxygens (including phenoxy) is 2. The van der Waals surface area contributed by atoms with Crippen LogP contribution in [0.15, 0.2) is 42.6 Å². The van der Waals surface area contributed by atoms with Crippen molar-refractivity contribution in [1.29, 1.82) is 0 Å². The Balaban J connectivity index is 1.31. The van der Waals surface area contributed by atoms with Gasteiger partial charge in [0.1, 0.15) is 11.6 Å². The number of carbonyl (C=O) groups excluding carboxylic acids is 1. The molecule has 0 unspecified atom stereocenters. The fourth-order valence-electron chi connectivity index (χ4n) is 3.50. The minimum Gasteiger partial charge on any atom is -0.356 e. The molecule has 0 bridgehead atoms. The third-order valence-corrected chi connectivity index (χ3v) is 4.97. The topological polar surface area (TPSA) is 63.7 Å². The van der Waals surface area contributed by atoms with Crippen LogP contribution in [0, 0.1) is 5.82 Å². The molecule has 27 heavy (non-hydrogen) atoms. The molecule has 4 rings (SSSR count). The predicted octanol–water partition coefficient (Wildman–Crippen LogP) is 2.75. The fraction of sp³-hybridized carbons (Fsp3) is 0.400. The molecule has 7 heteroatoms. The number of piperidine rings is 1. The Morgan fingerprint density at radius 3 is 2.44 bits per heavy atom. The zero-order chi connectivity index (χ0) is 18.7. The van der Waals surface area contributed by atoms with Gasteiger partial charge in [-0.3, -0.25) is 4.79 Å². The van der Waals surface area contributed by atoms with E-state index in [1.54, 1.807) is 18.3 Å². The number of rotatable bonds is 4. The summed E-state index contributed by atoms with van der Waals surface area (Å²) in [6, 6.07) is 9.67. The van der Waals surface area contributed by atoms with Crippen molar-refractivity contribution < 1.29 is 18.7 Å². The van der Waals surface area contributed by atoms with Gasteiger partial charge < -0.3 is 19.7 Å². The van der Waals surface area contributed by atoms with Gasteiger partial charge in [0, 0.05) is 25.9 Å². The highest BCUT2D eigenvalue weighted by Gasteiger charge is 2.39. The highest BCUT2D eigenvalue weighted by Crippen LogP contribution is 2.32. The number of benzene rings is 1. The first-order valence-electron chi connectivity index (χ1n) is 9.15. The Labute approximate surface area is 157 Å². The molecule has 0 aliphatic carbocycles. The second kappa shape index (κ2) is 7.62. The zero-order valence-electron chi connectivity index (χ0n) is 15.0. The number of nitrogens with one attached hydrogen (secondary N) is 1. The normalized spacial score (nSPS) is 18.6. The Bertz CT molecular complexity index is 779. The summed E-state index contributed by atoms with van der Waals surface area (Å²) in [7, 11) is 0. The molecule has 1 amide bonds. The van der Waals surface area contributed by atoms with E-state index in [1.165, 1.54) is 12.1 Å². The van der Waals surface area contributed by atoms with Gasteiger partial charge in [-0.05, 0) is 29.8 Å². The van der Waals surface area contributed by atoms with Gasteiger partial charge in [0.15, 0.2) is 5.79 Å². The van der Waals surface area contributed by atoms with Crippen molar-refractivity contribution in [2.24, 2.45) is 0 Å². The second-order valence-electron chi connectivity index (χ2n) is 6.85. The van der Waals surface area contributed by atoms with E-state index in [4.69, 9.17) is 9.47 Å². The molecule has 2 aromatic rings. The molecule has 6 nitrogen and oxygen atoms in total. The van der Waals surface area contributed by atoms with Crippen LogP contribution in [0.2, 0.25) is 0 Å². The third kappa shape index (κ3) is 4.26. The molecule has 1 aromatic heterocycles. The summed E-state index contributed by atoms with van der Waals surface area (Å²) in [5.74, 6) is 0.00438. The monoisotopic (exact) mass is 371 g/mol. The van der Waals surface area contributed by atoms with Crippen LogP contribution >= 0.6 is 0 Å². The first-order chi connectivity index (χ1) is 13.1. The third-order valence-electron chi connectivity index (χ3n) is 4.97. The van der Waals surface area contributed by atoms with Crippen LogP contribution in [0.5, 0.6) is 0 Å². The summed E-state index contributed by atoms with van der Waals surface area (Å²) < 4.78 is 24.4. The van der Waals surface area contributed by atoms with Crippen LogP contribution in [0.3, 0.4) is 0 Å². The van der Waals surface area contributed by atoms with E-state index in [9.17, 15) is 9.18 Å². The number of amides is 1.